The normalized spacial score (nSPS) is 29.2. The zero-order chi connectivity index (χ0) is 40.8. The molecule has 18 heteroatoms. The van der Waals surface area contributed by atoms with Gasteiger partial charge in [-0.3, -0.25) is 29.1 Å². The van der Waals surface area contributed by atoms with Crippen molar-refractivity contribution in [2.75, 3.05) is 71.8 Å². The van der Waals surface area contributed by atoms with Crippen LogP contribution in [0.25, 0.3) is 0 Å². The SMILES string of the molecule is Cc1sc2nc1CC(=O)N[C@@H]1C[C@@H](C(=O)N3CCC(CC3)N3C[C@@H](n4cc(CN5CCOCC5)nn4)C[C@H]3C(=O)N3CCC2CC3)N(Cc2ccc(S(C)(=O)=O)cc2)C1. The van der Waals surface area contributed by atoms with E-state index in [0.29, 0.717) is 58.7 Å². The van der Waals surface area contributed by atoms with E-state index in [0.717, 1.165) is 85.4 Å². The standard InChI is InChI=1S/C41H56N10O6S2/c1-27-35-21-38(52)42-30-19-36(49(24-30)22-28-3-5-34(6-4-28)59(2,55)56)40(53)48-13-9-32(10-14-48)50-26-33(51-25-31(44-45-51)23-46-15-17-57-18-16-46)20-37(50)41(54)47-11-7-29(8-12-47)39(43-35)58-27/h3-6,25,29-30,32-33,36-37H,7-24,26H2,1-2H3,(H,42,52)/t30-,33+,36+,37+/m1/s1. The molecule has 59 heavy (non-hydrogen) atoms. The monoisotopic (exact) mass is 848 g/mol. The molecule has 0 unspecified atom stereocenters. The third-order valence-corrected chi connectivity index (χ3v) is 15.8. The van der Waals surface area contributed by atoms with Crippen molar-refractivity contribution < 1.29 is 27.5 Å². The molecule has 10 heterocycles. The fourth-order valence-electron chi connectivity index (χ4n) is 10.2. The lowest BCUT2D eigenvalue weighted by molar-refractivity contribution is -0.141. The third kappa shape index (κ3) is 8.84. The summed E-state index contributed by atoms with van der Waals surface area (Å²) in [6.07, 6.45) is 7.77. The van der Waals surface area contributed by atoms with E-state index in [-0.39, 0.29) is 59.1 Å². The number of nitrogens with zero attached hydrogens (tertiary/aromatic N) is 9. The van der Waals surface area contributed by atoms with Crippen LogP contribution in [0.2, 0.25) is 0 Å². The smallest absolute Gasteiger partial charge is 0.240 e. The number of benzene rings is 1. The van der Waals surface area contributed by atoms with Crippen molar-refractivity contribution in [2.45, 2.75) is 106 Å². The van der Waals surface area contributed by atoms with Crippen LogP contribution in [0.5, 0.6) is 0 Å². The number of thiazole rings is 1. The summed E-state index contributed by atoms with van der Waals surface area (Å²) in [6, 6.07) is 6.04. The van der Waals surface area contributed by atoms with E-state index < -0.39 is 15.9 Å². The molecule has 0 saturated carbocycles. The van der Waals surface area contributed by atoms with Crippen molar-refractivity contribution in [3.63, 3.8) is 0 Å². The number of piperidine rings is 2. The van der Waals surface area contributed by atoms with E-state index in [1.807, 2.05) is 16.5 Å². The lowest BCUT2D eigenvalue weighted by Crippen LogP contribution is -2.55. The summed E-state index contributed by atoms with van der Waals surface area (Å²) in [7, 11) is -3.34. The second-order valence-electron chi connectivity index (χ2n) is 17.4. The molecule has 0 spiro atoms. The summed E-state index contributed by atoms with van der Waals surface area (Å²) in [4.78, 5) is 59.8. The Labute approximate surface area is 350 Å². The minimum absolute atomic E-state index is 0.0139. The molecular formula is C41H56N10O6S2. The Bertz CT molecular complexity index is 2120. The molecule has 11 rings (SSSR count). The highest BCUT2D eigenvalue weighted by atomic mass is 32.2. The van der Waals surface area contributed by atoms with E-state index in [4.69, 9.17) is 9.72 Å². The van der Waals surface area contributed by atoms with Crippen LogP contribution in [0.4, 0.5) is 0 Å². The van der Waals surface area contributed by atoms with Gasteiger partial charge in [-0.05, 0) is 63.1 Å². The number of likely N-dealkylation sites (tertiary alicyclic amines) is 1. The maximum Gasteiger partial charge on any atom is 0.240 e. The van der Waals surface area contributed by atoms with Gasteiger partial charge in [0.2, 0.25) is 17.7 Å². The predicted molar refractivity (Wildman–Crippen MR) is 219 cm³/mol. The van der Waals surface area contributed by atoms with Crippen molar-refractivity contribution in [2.24, 2.45) is 0 Å². The number of carbonyl (C=O) groups excluding carboxylic acids is 3. The molecular weight excluding hydrogens is 793 g/mol. The highest BCUT2D eigenvalue weighted by molar-refractivity contribution is 7.90. The van der Waals surface area contributed by atoms with Crippen LogP contribution in [0, 0.1) is 6.92 Å². The Morgan fingerprint density at radius 2 is 1.54 bits per heavy atom. The Morgan fingerprint density at radius 3 is 2.25 bits per heavy atom. The Hall–Kier alpha value is -3.81. The van der Waals surface area contributed by atoms with Crippen LogP contribution in [-0.2, 0) is 48.5 Å². The van der Waals surface area contributed by atoms with Gasteiger partial charge in [0, 0.05) is 94.6 Å². The van der Waals surface area contributed by atoms with E-state index >= 15 is 0 Å². The van der Waals surface area contributed by atoms with E-state index in [1.54, 1.807) is 35.6 Å². The van der Waals surface area contributed by atoms with Gasteiger partial charge in [0.05, 0.1) is 65.2 Å². The van der Waals surface area contributed by atoms with Gasteiger partial charge in [-0.1, -0.05) is 17.3 Å². The van der Waals surface area contributed by atoms with Crippen molar-refractivity contribution in [1.82, 2.24) is 49.8 Å². The molecule has 0 radical (unpaired) electrons. The molecule has 5 saturated heterocycles. The molecule has 1 aromatic carbocycles. The van der Waals surface area contributed by atoms with Gasteiger partial charge >= 0.3 is 0 Å². The molecule has 318 valence electrons. The van der Waals surface area contributed by atoms with Crippen LogP contribution >= 0.6 is 11.3 Å². The second kappa shape index (κ2) is 16.9. The highest BCUT2D eigenvalue weighted by Crippen LogP contribution is 2.37. The first-order valence-electron chi connectivity index (χ1n) is 21.3. The summed E-state index contributed by atoms with van der Waals surface area (Å²) in [5.41, 5.74) is 2.62. The minimum Gasteiger partial charge on any atom is -0.379 e. The lowest BCUT2D eigenvalue weighted by Gasteiger charge is -2.41. The molecule has 8 aliphatic rings. The van der Waals surface area contributed by atoms with Crippen LogP contribution < -0.4 is 5.32 Å². The van der Waals surface area contributed by atoms with Gasteiger partial charge in [-0.25, -0.2) is 18.1 Å². The number of morpholine rings is 1. The van der Waals surface area contributed by atoms with Crippen molar-refractivity contribution >= 4 is 38.9 Å². The lowest BCUT2D eigenvalue weighted by atomic mass is 9.96. The fraction of sp³-hybridized carbons (Fsp3) is 0.659. The maximum atomic E-state index is 14.6. The average molecular weight is 849 g/mol. The number of fused-ring (bicyclic) bond motifs is 2. The number of sulfone groups is 1. The Kier molecular flexibility index (Phi) is 11.6. The van der Waals surface area contributed by atoms with E-state index in [2.05, 4.69) is 41.4 Å². The summed E-state index contributed by atoms with van der Waals surface area (Å²) in [5, 5.41) is 13.4. The number of aromatic nitrogens is 4. The van der Waals surface area contributed by atoms with E-state index in [1.165, 1.54) is 6.26 Å². The fourth-order valence-corrected chi connectivity index (χ4v) is 11.9. The maximum absolute atomic E-state index is 14.6. The molecule has 4 atom stereocenters. The molecule has 8 aliphatic heterocycles. The molecule has 3 aromatic rings. The number of ether oxygens (including phenoxy) is 1. The first-order valence-corrected chi connectivity index (χ1v) is 24.0. The van der Waals surface area contributed by atoms with Gasteiger partial charge in [-0.2, -0.15) is 0 Å². The number of hydrogen-bond acceptors (Lipinski definition) is 13. The number of amides is 3. The summed E-state index contributed by atoms with van der Waals surface area (Å²) >= 11 is 1.66. The highest BCUT2D eigenvalue weighted by Gasteiger charge is 2.46. The number of nitrogens with one attached hydrogen (secondary N) is 1. The zero-order valence-electron chi connectivity index (χ0n) is 34.1. The number of carbonyl (C=O) groups is 3. The van der Waals surface area contributed by atoms with Gasteiger partial charge in [0.25, 0.3) is 0 Å². The van der Waals surface area contributed by atoms with Gasteiger partial charge < -0.3 is 19.9 Å². The molecule has 5 fully saturated rings. The predicted octanol–water partition coefficient (Wildman–Crippen LogP) is 1.61. The van der Waals surface area contributed by atoms with Gasteiger partial charge in [0.1, 0.15) is 0 Å². The van der Waals surface area contributed by atoms with Crippen molar-refractivity contribution in [3.8, 4) is 0 Å². The Morgan fingerprint density at radius 1 is 0.847 bits per heavy atom. The third-order valence-electron chi connectivity index (χ3n) is 13.5. The number of rotatable bonds is 6. The largest absolute Gasteiger partial charge is 0.379 e. The zero-order valence-corrected chi connectivity index (χ0v) is 35.7. The second-order valence-corrected chi connectivity index (χ2v) is 20.7. The summed E-state index contributed by atoms with van der Waals surface area (Å²) < 4.78 is 31.8. The molecule has 2 aromatic heterocycles. The van der Waals surface area contributed by atoms with E-state index in [9.17, 15) is 22.8 Å². The van der Waals surface area contributed by atoms with Crippen molar-refractivity contribution in [3.05, 3.63) is 57.3 Å². The molecule has 16 nitrogen and oxygen atoms in total. The van der Waals surface area contributed by atoms with Crippen molar-refractivity contribution in [1.29, 1.82) is 0 Å². The Balaban J connectivity index is 0.966. The first-order chi connectivity index (χ1) is 28.4. The summed E-state index contributed by atoms with van der Waals surface area (Å²) in [6.45, 7) is 10.1. The van der Waals surface area contributed by atoms with Crippen LogP contribution in [0.15, 0.2) is 35.4 Å². The van der Waals surface area contributed by atoms with Crippen LogP contribution in [0.1, 0.15) is 77.3 Å². The minimum atomic E-state index is -3.34. The number of aryl methyl sites for hydroxylation is 1. The average Bonchev–Trinajstić information content (AvgIpc) is 4.04. The van der Waals surface area contributed by atoms with Gasteiger partial charge in [-0.15, -0.1) is 16.4 Å². The molecule has 0 aliphatic carbocycles. The molecule has 3 amide bonds. The van der Waals surface area contributed by atoms with Gasteiger partial charge in [0.15, 0.2) is 9.84 Å². The first kappa shape index (κ1) is 40.6. The molecule has 8 bridgehead atoms. The topological polar surface area (TPSA) is 166 Å². The van der Waals surface area contributed by atoms with Crippen LogP contribution in [0.3, 0.4) is 0 Å². The number of hydrogen-bond donors (Lipinski definition) is 1. The van der Waals surface area contributed by atoms with Crippen LogP contribution in [-0.4, -0.2) is 167 Å². The summed E-state index contributed by atoms with van der Waals surface area (Å²) in [5.74, 6) is 0.357. The molecule has 1 N–H and O–H groups in total. The quantitative estimate of drug-likeness (QED) is 0.382.